The van der Waals surface area contributed by atoms with E-state index in [1.807, 2.05) is 41.7 Å². The van der Waals surface area contributed by atoms with Gasteiger partial charge in [-0.3, -0.25) is 14.0 Å². The molecule has 8 nitrogen and oxygen atoms in total. The Morgan fingerprint density at radius 1 is 1.20 bits per heavy atom. The van der Waals surface area contributed by atoms with E-state index >= 15 is 0 Å². The van der Waals surface area contributed by atoms with E-state index in [-0.39, 0.29) is 11.5 Å². The molecule has 4 aromatic rings. The molecule has 0 aliphatic carbocycles. The first kappa shape index (κ1) is 19.8. The van der Waals surface area contributed by atoms with Gasteiger partial charge >= 0.3 is 0 Å². The highest BCUT2D eigenvalue weighted by atomic mass is 16.5. The minimum atomic E-state index is -0.183. The number of fused-ring (bicyclic) bond motifs is 3. The summed E-state index contributed by atoms with van der Waals surface area (Å²) in [7, 11) is 1.62. The largest absolute Gasteiger partial charge is 0.497 e. The second kappa shape index (κ2) is 8.44. The third-order valence-electron chi connectivity index (χ3n) is 5.11. The van der Waals surface area contributed by atoms with E-state index in [4.69, 9.17) is 9.15 Å². The molecule has 0 aliphatic rings. The number of aryl methyl sites for hydroxylation is 2. The predicted molar refractivity (Wildman–Crippen MR) is 113 cm³/mol. The van der Waals surface area contributed by atoms with Gasteiger partial charge in [0.05, 0.1) is 18.9 Å². The minimum Gasteiger partial charge on any atom is -0.497 e. The molecule has 1 N–H and O–H groups in total. The minimum absolute atomic E-state index is 0.0594. The number of carbonyl (C=O) groups is 1. The van der Waals surface area contributed by atoms with Gasteiger partial charge in [-0.05, 0) is 24.1 Å². The lowest BCUT2D eigenvalue weighted by molar-refractivity contribution is -0.121. The zero-order chi connectivity index (χ0) is 21.1. The van der Waals surface area contributed by atoms with Crippen molar-refractivity contribution in [2.45, 2.75) is 39.3 Å². The average molecular weight is 408 g/mol. The van der Waals surface area contributed by atoms with Crippen LogP contribution < -0.4 is 15.6 Å². The van der Waals surface area contributed by atoms with E-state index in [0.717, 1.165) is 22.7 Å². The smallest absolute Gasteiger partial charge is 0.291 e. The van der Waals surface area contributed by atoms with Crippen LogP contribution in [0.25, 0.3) is 16.6 Å². The van der Waals surface area contributed by atoms with Gasteiger partial charge in [-0.1, -0.05) is 19.1 Å². The summed E-state index contributed by atoms with van der Waals surface area (Å²) in [6.07, 6.45) is 3.12. The van der Waals surface area contributed by atoms with Crippen molar-refractivity contribution in [3.8, 4) is 5.75 Å². The molecule has 0 aliphatic heterocycles. The van der Waals surface area contributed by atoms with Crippen LogP contribution in [0.3, 0.4) is 0 Å². The summed E-state index contributed by atoms with van der Waals surface area (Å²) < 4.78 is 13.9. The lowest BCUT2D eigenvalue weighted by Crippen LogP contribution is -2.28. The van der Waals surface area contributed by atoms with E-state index in [9.17, 15) is 9.59 Å². The van der Waals surface area contributed by atoms with E-state index in [1.54, 1.807) is 19.4 Å². The van der Waals surface area contributed by atoms with Gasteiger partial charge in [-0.25, -0.2) is 4.68 Å². The second-order valence-electron chi connectivity index (χ2n) is 7.06. The van der Waals surface area contributed by atoms with E-state index in [0.29, 0.717) is 43.5 Å². The highest BCUT2D eigenvalue weighted by molar-refractivity contribution is 5.82. The molecule has 0 saturated heterocycles. The number of amides is 1. The normalized spacial score (nSPS) is 11.3. The molecular weight excluding hydrogens is 384 g/mol. The topological polar surface area (TPSA) is 90.8 Å². The van der Waals surface area contributed by atoms with Gasteiger partial charge in [0.1, 0.15) is 17.1 Å². The van der Waals surface area contributed by atoms with Crippen LogP contribution >= 0.6 is 0 Å². The third kappa shape index (κ3) is 3.80. The molecule has 0 radical (unpaired) electrons. The summed E-state index contributed by atoms with van der Waals surface area (Å²) >= 11 is 0. The molecule has 1 aromatic carbocycles. The summed E-state index contributed by atoms with van der Waals surface area (Å²) in [5, 5.41) is 7.41. The second-order valence-corrected chi connectivity index (χ2v) is 7.06. The molecule has 4 rings (SSSR count). The summed E-state index contributed by atoms with van der Waals surface area (Å²) in [6.45, 7) is 2.83. The van der Waals surface area contributed by atoms with Crippen LogP contribution in [0, 0.1) is 0 Å². The number of nitrogens with zero attached hydrogens (tertiary/aromatic N) is 3. The number of furan rings is 1. The van der Waals surface area contributed by atoms with Crippen molar-refractivity contribution in [1.29, 1.82) is 0 Å². The van der Waals surface area contributed by atoms with Crippen molar-refractivity contribution in [3.05, 3.63) is 64.4 Å². The van der Waals surface area contributed by atoms with Gasteiger partial charge in [0, 0.05) is 38.1 Å². The Morgan fingerprint density at radius 2 is 2.00 bits per heavy atom. The first-order valence-electron chi connectivity index (χ1n) is 9.99. The summed E-state index contributed by atoms with van der Waals surface area (Å²) in [5.41, 5.74) is 2.87. The summed E-state index contributed by atoms with van der Waals surface area (Å²) in [5.74, 6) is 1.50. The van der Waals surface area contributed by atoms with Crippen LogP contribution in [0.15, 0.2) is 51.9 Å². The van der Waals surface area contributed by atoms with Gasteiger partial charge in [-0.2, -0.15) is 5.10 Å². The van der Waals surface area contributed by atoms with Crippen LogP contribution in [0.2, 0.25) is 0 Å². The number of methoxy groups -OCH3 is 1. The first-order valence-corrected chi connectivity index (χ1v) is 9.99. The molecule has 3 aromatic heterocycles. The van der Waals surface area contributed by atoms with Gasteiger partial charge in [0.25, 0.3) is 5.56 Å². The number of hydrogen-bond acceptors (Lipinski definition) is 5. The molecule has 156 valence electrons. The van der Waals surface area contributed by atoms with Gasteiger partial charge in [0.15, 0.2) is 5.58 Å². The standard InChI is InChI=1S/C22H24N4O4/c1-3-20-24-25(22(28)18-13-19-17(26(18)20)10-12-30-19)11-4-5-21(27)23-14-15-6-8-16(29-2)9-7-15/h6-10,12-13H,3-5,11,14H2,1-2H3,(H,23,27). The van der Waals surface area contributed by atoms with E-state index in [2.05, 4.69) is 10.4 Å². The molecule has 0 bridgehead atoms. The SMILES string of the molecule is CCc1nn(CCCC(=O)NCc2ccc(OC)cc2)c(=O)c2cc3occc3n12. The zero-order valence-electron chi connectivity index (χ0n) is 17.1. The molecule has 30 heavy (non-hydrogen) atoms. The molecule has 0 spiro atoms. The lowest BCUT2D eigenvalue weighted by Gasteiger charge is -2.10. The molecule has 1 amide bonds. The first-order chi connectivity index (χ1) is 14.6. The van der Waals surface area contributed by atoms with Crippen LogP contribution in [-0.2, 0) is 24.3 Å². The Labute approximate surface area is 173 Å². The number of hydrogen-bond donors (Lipinski definition) is 1. The van der Waals surface area contributed by atoms with Crippen LogP contribution in [0.5, 0.6) is 5.75 Å². The number of benzene rings is 1. The van der Waals surface area contributed by atoms with Crippen molar-refractivity contribution in [2.24, 2.45) is 0 Å². The van der Waals surface area contributed by atoms with Gasteiger partial charge in [0.2, 0.25) is 5.91 Å². The van der Waals surface area contributed by atoms with Crippen LogP contribution in [-0.4, -0.2) is 27.2 Å². The van der Waals surface area contributed by atoms with E-state index < -0.39 is 0 Å². The Hall–Kier alpha value is -3.55. The Bertz CT molecular complexity index is 1230. The number of ether oxygens (including phenoxy) is 1. The average Bonchev–Trinajstić information content (AvgIpc) is 3.36. The predicted octanol–water partition coefficient (Wildman–Crippen LogP) is 2.91. The van der Waals surface area contributed by atoms with Gasteiger partial charge in [-0.15, -0.1) is 0 Å². The number of nitrogens with one attached hydrogen (secondary N) is 1. The lowest BCUT2D eigenvalue weighted by atomic mass is 10.2. The highest BCUT2D eigenvalue weighted by Gasteiger charge is 2.15. The monoisotopic (exact) mass is 408 g/mol. The fourth-order valence-corrected chi connectivity index (χ4v) is 3.52. The maximum atomic E-state index is 12.8. The quantitative estimate of drug-likeness (QED) is 0.484. The number of carbonyl (C=O) groups excluding carboxylic acids is 1. The van der Waals surface area contributed by atoms with Crippen LogP contribution in [0.1, 0.15) is 31.2 Å². The van der Waals surface area contributed by atoms with Crippen LogP contribution in [0.4, 0.5) is 0 Å². The van der Waals surface area contributed by atoms with Crippen molar-refractivity contribution >= 4 is 22.5 Å². The molecule has 8 heteroatoms. The molecule has 3 heterocycles. The Balaban J connectivity index is 1.39. The fourth-order valence-electron chi connectivity index (χ4n) is 3.52. The van der Waals surface area contributed by atoms with Crippen molar-refractivity contribution < 1.29 is 13.9 Å². The third-order valence-corrected chi connectivity index (χ3v) is 5.11. The van der Waals surface area contributed by atoms with E-state index in [1.165, 1.54) is 4.68 Å². The number of rotatable bonds is 8. The Morgan fingerprint density at radius 3 is 2.73 bits per heavy atom. The van der Waals surface area contributed by atoms with Crippen molar-refractivity contribution in [3.63, 3.8) is 0 Å². The van der Waals surface area contributed by atoms with Gasteiger partial charge < -0.3 is 14.5 Å². The molecule has 0 atom stereocenters. The summed E-state index contributed by atoms with van der Waals surface area (Å²) in [4.78, 5) is 25.0. The number of aromatic nitrogens is 3. The molecular formula is C22H24N4O4. The zero-order valence-corrected chi connectivity index (χ0v) is 17.1. The van der Waals surface area contributed by atoms with Crippen molar-refractivity contribution in [2.75, 3.05) is 7.11 Å². The Kier molecular flexibility index (Phi) is 5.56. The van der Waals surface area contributed by atoms with Crippen molar-refractivity contribution in [1.82, 2.24) is 19.5 Å². The molecule has 0 saturated carbocycles. The highest BCUT2D eigenvalue weighted by Crippen LogP contribution is 2.20. The molecule has 0 fully saturated rings. The fraction of sp³-hybridized carbons (Fsp3) is 0.318. The summed E-state index contributed by atoms with van der Waals surface area (Å²) in [6, 6.07) is 11.1. The molecule has 0 unspecified atom stereocenters. The maximum Gasteiger partial charge on any atom is 0.291 e. The maximum absolute atomic E-state index is 12.8.